The van der Waals surface area contributed by atoms with E-state index in [0.29, 0.717) is 5.56 Å². The molecule has 0 bridgehead atoms. The highest BCUT2D eigenvalue weighted by atomic mass is 16.5. The molecule has 0 saturated heterocycles. The summed E-state index contributed by atoms with van der Waals surface area (Å²) >= 11 is 0. The maximum Gasteiger partial charge on any atom is 0.331 e. The Kier molecular flexibility index (Phi) is 2.32. The third-order valence-electron chi connectivity index (χ3n) is 2.32. The van der Waals surface area contributed by atoms with Crippen LogP contribution in [0.5, 0.6) is 0 Å². The van der Waals surface area contributed by atoms with Crippen LogP contribution in [0.3, 0.4) is 0 Å². The monoisotopic (exact) mass is 243 g/mol. The zero-order valence-electron chi connectivity index (χ0n) is 14.8. The molecule has 2 rings (SSSR count). The van der Waals surface area contributed by atoms with Gasteiger partial charge in [-0.2, -0.15) is 0 Å². The zero-order valence-corrected chi connectivity index (χ0v) is 9.78. The number of carbonyl (C=O) groups excluding carboxylic acids is 1. The van der Waals surface area contributed by atoms with Crippen LogP contribution in [0, 0.1) is 0 Å². The van der Waals surface area contributed by atoms with Crippen LogP contribution in [0.25, 0.3) is 5.57 Å². The molecule has 0 aliphatic carbocycles. The van der Waals surface area contributed by atoms with Gasteiger partial charge in [0.2, 0.25) is 0 Å². The molecule has 0 N–H and O–H groups in total. The highest BCUT2D eigenvalue weighted by molar-refractivity contribution is 5.96. The molecule has 0 heterocycles. The van der Waals surface area contributed by atoms with E-state index in [-0.39, 0.29) is 23.2 Å². The SMILES string of the molecule is [2H]c1c([2H])c([2H])c(/C(=C/C(=O)OC)c2ccccc2)c([2H])c1[2H]. The number of hydrogen-bond donors (Lipinski definition) is 0. The maximum atomic E-state index is 11.7. The van der Waals surface area contributed by atoms with Crippen LogP contribution in [0.15, 0.2) is 66.6 Å². The largest absolute Gasteiger partial charge is 0.466 e. The van der Waals surface area contributed by atoms with Crippen molar-refractivity contribution in [2.75, 3.05) is 7.11 Å². The Morgan fingerprint density at radius 3 is 2.39 bits per heavy atom. The first-order valence-corrected chi connectivity index (χ1v) is 5.30. The van der Waals surface area contributed by atoms with Crippen molar-refractivity contribution in [2.45, 2.75) is 0 Å². The molecular formula is C16H14O2. The van der Waals surface area contributed by atoms with Crippen molar-refractivity contribution in [1.82, 2.24) is 0 Å². The maximum absolute atomic E-state index is 11.7. The van der Waals surface area contributed by atoms with E-state index in [1.54, 1.807) is 30.3 Å². The molecule has 0 radical (unpaired) electrons. The first-order chi connectivity index (χ1) is 10.9. The van der Waals surface area contributed by atoms with Gasteiger partial charge in [-0.15, -0.1) is 0 Å². The summed E-state index contributed by atoms with van der Waals surface area (Å²) in [6.07, 6.45) is 1.13. The van der Waals surface area contributed by atoms with Gasteiger partial charge in [0.15, 0.2) is 0 Å². The second-order valence-electron chi connectivity index (χ2n) is 3.45. The molecule has 18 heavy (non-hydrogen) atoms. The molecule has 0 amide bonds. The first kappa shape index (κ1) is 7.17. The van der Waals surface area contributed by atoms with Gasteiger partial charge in [-0.3, -0.25) is 0 Å². The van der Waals surface area contributed by atoms with Gasteiger partial charge in [-0.1, -0.05) is 60.5 Å². The molecule has 2 aromatic carbocycles. The lowest BCUT2D eigenvalue weighted by molar-refractivity contribution is -0.134. The van der Waals surface area contributed by atoms with E-state index < -0.39 is 24.1 Å². The molecule has 2 heteroatoms. The van der Waals surface area contributed by atoms with Gasteiger partial charge >= 0.3 is 5.97 Å². The fraction of sp³-hybridized carbons (Fsp3) is 0.0625. The normalized spacial score (nSPS) is 14.9. The Hall–Kier alpha value is -2.35. The lowest BCUT2D eigenvalue weighted by Crippen LogP contribution is -1.98. The van der Waals surface area contributed by atoms with Crippen LogP contribution >= 0.6 is 0 Å². The van der Waals surface area contributed by atoms with E-state index in [0.717, 1.165) is 6.08 Å². The average Bonchev–Trinajstić information content (AvgIpc) is 2.58. The van der Waals surface area contributed by atoms with Crippen molar-refractivity contribution >= 4 is 11.5 Å². The van der Waals surface area contributed by atoms with Crippen LogP contribution in [0.1, 0.15) is 18.0 Å². The van der Waals surface area contributed by atoms with E-state index in [1.165, 1.54) is 7.11 Å². The number of benzene rings is 2. The third kappa shape index (κ3) is 2.86. The third-order valence-corrected chi connectivity index (χ3v) is 2.32. The lowest BCUT2D eigenvalue weighted by Gasteiger charge is -2.07. The number of hydrogen-bond acceptors (Lipinski definition) is 2. The molecule has 2 aromatic rings. The van der Waals surface area contributed by atoms with E-state index in [9.17, 15) is 4.79 Å². The van der Waals surface area contributed by atoms with Crippen LogP contribution in [-0.4, -0.2) is 13.1 Å². The molecule has 0 atom stereocenters. The van der Waals surface area contributed by atoms with Crippen LogP contribution < -0.4 is 0 Å². The highest BCUT2D eigenvalue weighted by Gasteiger charge is 2.06. The van der Waals surface area contributed by atoms with Gasteiger partial charge in [-0.25, -0.2) is 4.79 Å². The Balaban J connectivity index is 2.82. The van der Waals surface area contributed by atoms with Crippen LogP contribution in [0.2, 0.25) is 0 Å². The predicted octanol–water partition coefficient (Wildman–Crippen LogP) is 3.29. The van der Waals surface area contributed by atoms with Crippen LogP contribution in [0.4, 0.5) is 0 Å². The Morgan fingerprint density at radius 1 is 1.11 bits per heavy atom. The van der Waals surface area contributed by atoms with Gasteiger partial charge in [0.1, 0.15) is 0 Å². The summed E-state index contributed by atoms with van der Waals surface area (Å²) in [6, 6.07) is 6.51. The summed E-state index contributed by atoms with van der Waals surface area (Å²) in [5.74, 6) is -0.671. The number of carbonyl (C=O) groups is 1. The van der Waals surface area contributed by atoms with E-state index in [2.05, 4.69) is 4.74 Å². The average molecular weight is 243 g/mol. The molecule has 2 nitrogen and oxygen atoms in total. The summed E-state index contributed by atoms with van der Waals surface area (Å²) < 4.78 is 43.9. The molecule has 90 valence electrons. The van der Waals surface area contributed by atoms with Gasteiger partial charge in [0.05, 0.1) is 14.0 Å². The summed E-state index contributed by atoms with van der Waals surface area (Å²) in [6.45, 7) is 0. The molecular weight excluding hydrogens is 224 g/mol. The van der Waals surface area contributed by atoms with Gasteiger partial charge < -0.3 is 4.74 Å². The van der Waals surface area contributed by atoms with Crippen molar-refractivity contribution in [3.63, 3.8) is 0 Å². The number of methoxy groups -OCH3 is 1. The van der Waals surface area contributed by atoms with E-state index >= 15 is 0 Å². The fourth-order valence-electron chi connectivity index (χ4n) is 1.48. The number of rotatable bonds is 3. The Bertz CT molecular complexity index is 756. The lowest BCUT2D eigenvalue weighted by atomic mass is 9.98. The Labute approximate surface area is 114 Å². The van der Waals surface area contributed by atoms with Gasteiger partial charge in [-0.05, 0) is 16.7 Å². The molecule has 0 saturated carbocycles. The summed E-state index contributed by atoms with van der Waals surface area (Å²) in [5, 5.41) is 0. The second-order valence-corrected chi connectivity index (χ2v) is 3.45. The van der Waals surface area contributed by atoms with Crippen molar-refractivity contribution in [3.8, 4) is 0 Å². The molecule has 0 spiro atoms. The van der Waals surface area contributed by atoms with Crippen molar-refractivity contribution in [1.29, 1.82) is 0 Å². The van der Waals surface area contributed by atoms with Crippen molar-refractivity contribution in [3.05, 3.63) is 77.7 Å². The quantitative estimate of drug-likeness (QED) is 0.611. The van der Waals surface area contributed by atoms with Crippen molar-refractivity contribution < 1.29 is 16.4 Å². The van der Waals surface area contributed by atoms with Crippen molar-refractivity contribution in [2.24, 2.45) is 0 Å². The summed E-state index contributed by atoms with van der Waals surface area (Å²) in [5.41, 5.74) is 0.735. The standard InChI is InChI=1S/C16H14O2/c1-18-16(17)12-15(13-8-4-2-5-9-13)14-10-6-3-7-11-14/h2-12H,1H3/i2D,4D,5D,8D,9D/b15-12-. The Morgan fingerprint density at radius 2 is 1.78 bits per heavy atom. The van der Waals surface area contributed by atoms with E-state index in [1.807, 2.05) is 0 Å². The van der Waals surface area contributed by atoms with Crippen LogP contribution in [-0.2, 0) is 9.53 Å². The minimum atomic E-state index is -0.671. The first-order valence-electron chi connectivity index (χ1n) is 7.80. The topological polar surface area (TPSA) is 26.3 Å². The second kappa shape index (κ2) is 5.82. The van der Waals surface area contributed by atoms with E-state index in [4.69, 9.17) is 6.85 Å². The molecule has 0 aromatic heterocycles. The minimum Gasteiger partial charge on any atom is -0.466 e. The minimum absolute atomic E-state index is 0.0346. The smallest absolute Gasteiger partial charge is 0.331 e. The highest BCUT2D eigenvalue weighted by Crippen LogP contribution is 2.22. The number of esters is 1. The molecule has 0 aliphatic rings. The molecule has 0 unspecified atom stereocenters. The molecule has 0 fully saturated rings. The summed E-state index contributed by atoms with van der Waals surface area (Å²) in [7, 11) is 1.21. The summed E-state index contributed by atoms with van der Waals surface area (Å²) in [4.78, 5) is 11.7. The molecule has 0 aliphatic heterocycles. The van der Waals surface area contributed by atoms with Gasteiger partial charge in [0.25, 0.3) is 0 Å². The predicted molar refractivity (Wildman–Crippen MR) is 72.0 cm³/mol. The zero-order chi connectivity index (χ0) is 17.1. The number of ether oxygens (including phenoxy) is 1. The fourth-order valence-corrected chi connectivity index (χ4v) is 1.48. The van der Waals surface area contributed by atoms with Gasteiger partial charge in [0, 0.05) is 6.08 Å².